The van der Waals surface area contributed by atoms with Gasteiger partial charge in [0.05, 0.1) is 22.4 Å². The van der Waals surface area contributed by atoms with Gasteiger partial charge in [0, 0.05) is 0 Å². The van der Waals surface area contributed by atoms with Crippen LogP contribution in [0.4, 0.5) is 45.2 Å². The first-order chi connectivity index (χ1) is 13.6. The normalized spacial score (nSPS) is 13.7. The lowest BCUT2D eigenvalue weighted by Crippen LogP contribution is -2.31. The number of halogens is 9. The summed E-state index contributed by atoms with van der Waals surface area (Å²) in [5.74, 6) is -2.14. The third-order valence-corrected chi connectivity index (χ3v) is 3.73. The Kier molecular flexibility index (Phi) is 6.29. The van der Waals surface area contributed by atoms with Gasteiger partial charge in [0.1, 0.15) is 5.75 Å². The molecule has 0 aliphatic heterocycles. The molecule has 1 N–H and O–H groups in total. The van der Waals surface area contributed by atoms with Gasteiger partial charge in [0.25, 0.3) is 5.91 Å². The molecule has 0 fully saturated rings. The van der Waals surface area contributed by atoms with Crippen molar-refractivity contribution in [1.82, 2.24) is 0 Å². The van der Waals surface area contributed by atoms with Gasteiger partial charge in [-0.25, -0.2) is 0 Å². The second-order valence-corrected chi connectivity index (χ2v) is 6.03. The second kappa shape index (κ2) is 8.07. The van der Waals surface area contributed by atoms with Crippen molar-refractivity contribution in [1.29, 1.82) is 0 Å². The van der Waals surface area contributed by atoms with Gasteiger partial charge < -0.3 is 10.1 Å². The fourth-order valence-electron chi connectivity index (χ4n) is 2.33. The number of alkyl halides is 9. The molecule has 2 aromatic rings. The molecule has 0 aromatic heterocycles. The summed E-state index contributed by atoms with van der Waals surface area (Å²) in [6.07, 6.45) is -16.8. The van der Waals surface area contributed by atoms with Crippen LogP contribution in [0.1, 0.15) is 23.6 Å². The van der Waals surface area contributed by atoms with Crippen LogP contribution < -0.4 is 10.1 Å². The van der Waals surface area contributed by atoms with E-state index in [1.54, 1.807) is 0 Å². The molecule has 0 spiro atoms. The first-order valence-corrected chi connectivity index (χ1v) is 8.02. The van der Waals surface area contributed by atoms with Crippen LogP contribution in [0, 0.1) is 0 Å². The third-order valence-electron chi connectivity index (χ3n) is 3.73. The topological polar surface area (TPSA) is 38.3 Å². The summed E-state index contributed by atoms with van der Waals surface area (Å²) in [4.78, 5) is 12.1. The van der Waals surface area contributed by atoms with Crippen molar-refractivity contribution >= 4 is 11.6 Å². The van der Waals surface area contributed by atoms with Crippen LogP contribution in [0.15, 0.2) is 42.5 Å². The third kappa shape index (κ3) is 5.80. The number of benzene rings is 2. The average Bonchev–Trinajstić information content (AvgIpc) is 2.59. The van der Waals surface area contributed by atoms with Crippen molar-refractivity contribution < 1.29 is 49.0 Å². The van der Waals surface area contributed by atoms with E-state index >= 15 is 0 Å². The summed E-state index contributed by atoms with van der Waals surface area (Å²) in [5.41, 5.74) is -5.17. The Labute approximate surface area is 163 Å². The highest BCUT2D eigenvalue weighted by molar-refractivity contribution is 5.94. The van der Waals surface area contributed by atoms with Crippen molar-refractivity contribution in [2.45, 2.75) is 31.6 Å². The number of hydrogen-bond donors (Lipinski definition) is 1. The monoisotopic (exact) mass is 445 g/mol. The summed E-state index contributed by atoms with van der Waals surface area (Å²) in [5, 5.41) is 1.90. The van der Waals surface area contributed by atoms with Crippen molar-refractivity contribution in [3.63, 3.8) is 0 Å². The van der Waals surface area contributed by atoms with Crippen LogP contribution in [0.2, 0.25) is 0 Å². The number of rotatable bonds is 4. The maximum atomic E-state index is 13.0. The zero-order valence-electron chi connectivity index (χ0n) is 14.8. The highest BCUT2D eigenvalue weighted by Crippen LogP contribution is 2.38. The SMILES string of the molecule is CC(Oc1cc(C(F)(F)F)cc(C(F)(F)F)c1)C(=O)Nc1ccccc1C(F)(F)F. The summed E-state index contributed by atoms with van der Waals surface area (Å²) >= 11 is 0. The molecule has 12 heteroatoms. The van der Waals surface area contributed by atoms with Crippen molar-refractivity contribution in [2.75, 3.05) is 5.32 Å². The Morgan fingerprint density at radius 2 is 1.33 bits per heavy atom. The fraction of sp³-hybridized carbons (Fsp3) is 0.278. The van der Waals surface area contributed by atoms with Gasteiger partial charge in [-0.2, -0.15) is 39.5 Å². The fourth-order valence-corrected chi connectivity index (χ4v) is 2.33. The molecule has 0 saturated carbocycles. The van der Waals surface area contributed by atoms with Gasteiger partial charge in [-0.3, -0.25) is 4.79 Å². The standard InChI is InChI=1S/C18H12F9NO2/c1-9(15(29)28-14-5-3-2-4-13(14)18(25,26)27)30-12-7-10(16(19,20)21)6-11(8-12)17(22,23)24/h2-9H,1H3,(H,28,29). The van der Waals surface area contributed by atoms with E-state index in [1.807, 2.05) is 5.32 Å². The van der Waals surface area contributed by atoms with Crippen molar-refractivity contribution in [2.24, 2.45) is 0 Å². The van der Waals surface area contributed by atoms with E-state index in [0.717, 1.165) is 19.1 Å². The molecule has 1 amide bonds. The lowest BCUT2D eigenvalue weighted by atomic mass is 10.1. The van der Waals surface area contributed by atoms with Crippen LogP contribution in [-0.2, 0) is 23.3 Å². The predicted octanol–water partition coefficient (Wildman–Crippen LogP) is 6.15. The number of para-hydroxylation sites is 1. The molecule has 0 heterocycles. The van der Waals surface area contributed by atoms with Crippen LogP contribution >= 0.6 is 0 Å². The smallest absolute Gasteiger partial charge is 0.418 e. The molecule has 0 radical (unpaired) electrons. The molecule has 3 nitrogen and oxygen atoms in total. The quantitative estimate of drug-likeness (QED) is 0.574. The Hall–Kier alpha value is -2.92. The highest BCUT2D eigenvalue weighted by Gasteiger charge is 2.38. The lowest BCUT2D eigenvalue weighted by Gasteiger charge is -2.19. The molecule has 2 aromatic carbocycles. The zero-order valence-corrected chi connectivity index (χ0v) is 14.8. The van der Waals surface area contributed by atoms with Crippen LogP contribution in [-0.4, -0.2) is 12.0 Å². The Bertz CT molecular complexity index is 885. The van der Waals surface area contributed by atoms with Crippen molar-refractivity contribution in [3.05, 3.63) is 59.2 Å². The van der Waals surface area contributed by atoms with E-state index < -0.39 is 58.7 Å². The summed E-state index contributed by atoms with van der Waals surface area (Å²) in [6.45, 7) is 0.957. The number of ether oxygens (including phenoxy) is 1. The van der Waals surface area contributed by atoms with E-state index in [-0.39, 0.29) is 18.2 Å². The summed E-state index contributed by atoms with van der Waals surface area (Å²) in [6, 6.07) is 4.25. The average molecular weight is 445 g/mol. The minimum Gasteiger partial charge on any atom is -0.481 e. The number of hydrogen-bond acceptors (Lipinski definition) is 2. The maximum Gasteiger partial charge on any atom is 0.418 e. The van der Waals surface area contributed by atoms with Gasteiger partial charge >= 0.3 is 18.5 Å². The number of amides is 1. The second-order valence-electron chi connectivity index (χ2n) is 6.03. The molecule has 2 rings (SSSR count). The van der Waals surface area contributed by atoms with Crippen molar-refractivity contribution in [3.8, 4) is 5.75 Å². The molecule has 0 aliphatic carbocycles. The summed E-state index contributed by atoms with van der Waals surface area (Å²) in [7, 11) is 0. The van der Waals surface area contributed by atoms with E-state index in [0.29, 0.717) is 6.07 Å². The first-order valence-electron chi connectivity index (χ1n) is 8.02. The minimum absolute atomic E-state index is 0.128. The van der Waals surface area contributed by atoms with Gasteiger partial charge in [-0.1, -0.05) is 12.1 Å². The number of nitrogens with one attached hydrogen (secondary N) is 1. The maximum absolute atomic E-state index is 13.0. The van der Waals surface area contributed by atoms with Crippen LogP contribution in [0.5, 0.6) is 5.75 Å². The molecule has 0 saturated heterocycles. The highest BCUT2D eigenvalue weighted by atomic mass is 19.4. The number of anilines is 1. The number of carbonyl (C=O) groups excluding carboxylic acids is 1. The van der Waals surface area contributed by atoms with Gasteiger partial charge in [-0.15, -0.1) is 0 Å². The van der Waals surface area contributed by atoms with E-state index in [2.05, 4.69) is 0 Å². The van der Waals surface area contributed by atoms with Gasteiger partial charge in [-0.05, 0) is 37.3 Å². The van der Waals surface area contributed by atoms with E-state index in [4.69, 9.17) is 4.74 Å². The molecule has 164 valence electrons. The number of carbonyl (C=O) groups is 1. The first kappa shape index (κ1) is 23.4. The molecule has 1 atom stereocenters. The molecule has 1 unspecified atom stereocenters. The molecular formula is C18H12F9NO2. The Balaban J connectivity index is 2.28. The Morgan fingerprint density at radius 1 is 0.833 bits per heavy atom. The van der Waals surface area contributed by atoms with E-state index in [1.165, 1.54) is 6.07 Å². The predicted molar refractivity (Wildman–Crippen MR) is 86.6 cm³/mol. The zero-order chi connectivity index (χ0) is 22.9. The molecule has 30 heavy (non-hydrogen) atoms. The van der Waals surface area contributed by atoms with Gasteiger partial charge in [0.2, 0.25) is 0 Å². The molecular weight excluding hydrogens is 433 g/mol. The molecule has 0 bridgehead atoms. The summed E-state index contributed by atoms with van der Waals surface area (Å²) < 4.78 is 121. The Morgan fingerprint density at radius 3 is 1.80 bits per heavy atom. The largest absolute Gasteiger partial charge is 0.481 e. The molecule has 0 aliphatic rings. The van der Waals surface area contributed by atoms with Crippen LogP contribution in [0.3, 0.4) is 0 Å². The lowest BCUT2D eigenvalue weighted by molar-refractivity contribution is -0.143. The van der Waals surface area contributed by atoms with E-state index in [9.17, 15) is 44.3 Å². The van der Waals surface area contributed by atoms with Crippen LogP contribution in [0.25, 0.3) is 0 Å². The minimum atomic E-state index is -5.13. The van der Waals surface area contributed by atoms with Gasteiger partial charge in [0.15, 0.2) is 6.10 Å².